The SMILES string of the molecule is CC(C)(C)c1ccc(Nc2ccccc2)cn1. The van der Waals surface area contributed by atoms with Gasteiger partial charge < -0.3 is 5.32 Å². The molecule has 1 heterocycles. The van der Waals surface area contributed by atoms with Gasteiger partial charge in [-0.15, -0.1) is 0 Å². The molecule has 2 nitrogen and oxygen atoms in total. The van der Waals surface area contributed by atoms with Crippen LogP contribution in [0.3, 0.4) is 0 Å². The summed E-state index contributed by atoms with van der Waals surface area (Å²) in [5, 5.41) is 3.32. The van der Waals surface area contributed by atoms with Crippen LogP contribution >= 0.6 is 0 Å². The predicted molar refractivity (Wildman–Crippen MR) is 72.7 cm³/mol. The summed E-state index contributed by atoms with van der Waals surface area (Å²) in [6.07, 6.45) is 1.88. The Hall–Kier alpha value is -1.83. The molecule has 0 aliphatic rings. The van der Waals surface area contributed by atoms with Gasteiger partial charge in [0.2, 0.25) is 0 Å². The number of nitrogens with zero attached hydrogens (tertiary/aromatic N) is 1. The average molecular weight is 226 g/mol. The number of nitrogens with one attached hydrogen (secondary N) is 1. The highest BCUT2D eigenvalue weighted by Gasteiger charge is 2.14. The molecule has 88 valence electrons. The lowest BCUT2D eigenvalue weighted by Crippen LogP contribution is -2.13. The Labute approximate surface area is 103 Å². The van der Waals surface area contributed by atoms with Gasteiger partial charge in [-0.1, -0.05) is 39.0 Å². The largest absolute Gasteiger partial charge is 0.354 e. The number of hydrogen-bond donors (Lipinski definition) is 1. The highest BCUT2D eigenvalue weighted by atomic mass is 14.9. The topological polar surface area (TPSA) is 24.9 Å². The molecule has 17 heavy (non-hydrogen) atoms. The van der Waals surface area contributed by atoms with E-state index in [1.807, 2.05) is 36.5 Å². The quantitative estimate of drug-likeness (QED) is 0.833. The second-order valence-corrected chi connectivity index (χ2v) is 5.17. The van der Waals surface area contributed by atoms with Gasteiger partial charge in [-0.25, -0.2) is 0 Å². The second kappa shape index (κ2) is 4.58. The fourth-order valence-corrected chi connectivity index (χ4v) is 1.60. The minimum atomic E-state index is 0.102. The van der Waals surface area contributed by atoms with Gasteiger partial charge in [-0.05, 0) is 24.3 Å². The molecular weight excluding hydrogens is 208 g/mol. The van der Waals surface area contributed by atoms with Crippen molar-refractivity contribution >= 4 is 11.4 Å². The Morgan fingerprint density at radius 2 is 1.59 bits per heavy atom. The van der Waals surface area contributed by atoms with Crippen LogP contribution in [0.2, 0.25) is 0 Å². The van der Waals surface area contributed by atoms with E-state index in [0.717, 1.165) is 17.1 Å². The zero-order valence-electron chi connectivity index (χ0n) is 10.6. The van der Waals surface area contributed by atoms with Crippen molar-refractivity contribution < 1.29 is 0 Å². The number of pyridine rings is 1. The standard InChI is InChI=1S/C15H18N2/c1-15(2,3)14-10-9-13(11-16-14)17-12-7-5-4-6-8-12/h4-11,17H,1-3H3. The third-order valence-corrected chi connectivity index (χ3v) is 2.59. The Morgan fingerprint density at radius 1 is 0.882 bits per heavy atom. The fraction of sp³-hybridized carbons (Fsp3) is 0.267. The molecule has 0 amide bonds. The Kier molecular flexibility index (Phi) is 3.14. The van der Waals surface area contributed by atoms with E-state index in [2.05, 4.69) is 43.2 Å². The molecule has 2 rings (SSSR count). The van der Waals surface area contributed by atoms with Crippen molar-refractivity contribution in [3.8, 4) is 0 Å². The second-order valence-electron chi connectivity index (χ2n) is 5.17. The van der Waals surface area contributed by atoms with Crippen LogP contribution < -0.4 is 5.32 Å². The molecule has 2 aromatic rings. The van der Waals surface area contributed by atoms with Crippen molar-refractivity contribution in [3.05, 3.63) is 54.4 Å². The highest BCUT2D eigenvalue weighted by molar-refractivity contribution is 5.58. The summed E-state index contributed by atoms with van der Waals surface area (Å²) in [7, 11) is 0. The molecule has 0 atom stereocenters. The average Bonchev–Trinajstić information content (AvgIpc) is 2.30. The molecule has 0 spiro atoms. The normalized spacial score (nSPS) is 11.2. The molecule has 0 fully saturated rings. The number of para-hydroxylation sites is 1. The lowest BCUT2D eigenvalue weighted by molar-refractivity contribution is 0.569. The molecule has 1 aromatic carbocycles. The third-order valence-electron chi connectivity index (χ3n) is 2.59. The summed E-state index contributed by atoms with van der Waals surface area (Å²) in [6.45, 7) is 6.50. The summed E-state index contributed by atoms with van der Waals surface area (Å²) in [4.78, 5) is 4.48. The molecule has 0 saturated heterocycles. The van der Waals surface area contributed by atoms with Crippen molar-refractivity contribution in [1.82, 2.24) is 4.98 Å². The zero-order valence-corrected chi connectivity index (χ0v) is 10.6. The highest BCUT2D eigenvalue weighted by Crippen LogP contribution is 2.22. The van der Waals surface area contributed by atoms with Gasteiger partial charge in [-0.2, -0.15) is 0 Å². The first-order valence-corrected chi connectivity index (χ1v) is 5.84. The summed E-state index contributed by atoms with van der Waals surface area (Å²) >= 11 is 0. The lowest BCUT2D eigenvalue weighted by atomic mass is 9.92. The van der Waals surface area contributed by atoms with Crippen molar-refractivity contribution in [2.24, 2.45) is 0 Å². The summed E-state index contributed by atoms with van der Waals surface area (Å²) < 4.78 is 0. The monoisotopic (exact) mass is 226 g/mol. The maximum absolute atomic E-state index is 4.48. The van der Waals surface area contributed by atoms with Crippen molar-refractivity contribution in [3.63, 3.8) is 0 Å². The number of rotatable bonds is 2. The third kappa shape index (κ3) is 3.06. The molecule has 0 aliphatic carbocycles. The predicted octanol–water partition coefficient (Wildman–Crippen LogP) is 4.12. The van der Waals surface area contributed by atoms with Crippen LogP contribution in [0.1, 0.15) is 26.5 Å². The van der Waals surface area contributed by atoms with Crippen LogP contribution in [0.25, 0.3) is 0 Å². The molecule has 1 N–H and O–H groups in total. The Morgan fingerprint density at radius 3 is 2.12 bits per heavy atom. The molecule has 0 saturated carbocycles. The van der Waals surface area contributed by atoms with Crippen LogP contribution in [-0.4, -0.2) is 4.98 Å². The first kappa shape index (κ1) is 11.6. The van der Waals surface area contributed by atoms with Crippen molar-refractivity contribution in [2.75, 3.05) is 5.32 Å². The van der Waals surface area contributed by atoms with Crippen molar-refractivity contribution in [1.29, 1.82) is 0 Å². The molecule has 0 radical (unpaired) electrons. The van der Waals surface area contributed by atoms with E-state index in [1.165, 1.54) is 0 Å². The Balaban J connectivity index is 2.14. The van der Waals surface area contributed by atoms with Gasteiger partial charge in [0.05, 0.1) is 11.9 Å². The number of aromatic nitrogens is 1. The summed E-state index contributed by atoms with van der Waals surface area (Å²) in [5.41, 5.74) is 3.31. The zero-order chi connectivity index (χ0) is 12.3. The minimum absolute atomic E-state index is 0.102. The number of hydrogen-bond acceptors (Lipinski definition) is 2. The molecular formula is C15H18N2. The first-order chi connectivity index (χ1) is 8.05. The van der Waals surface area contributed by atoms with Crippen LogP contribution in [-0.2, 0) is 5.41 Å². The maximum atomic E-state index is 4.48. The number of benzene rings is 1. The smallest absolute Gasteiger partial charge is 0.0570 e. The van der Waals surface area contributed by atoms with Gasteiger partial charge in [0.25, 0.3) is 0 Å². The number of anilines is 2. The van der Waals surface area contributed by atoms with Gasteiger partial charge in [0.1, 0.15) is 0 Å². The first-order valence-electron chi connectivity index (χ1n) is 5.84. The maximum Gasteiger partial charge on any atom is 0.0570 e. The molecule has 0 aliphatic heterocycles. The fourth-order valence-electron chi connectivity index (χ4n) is 1.60. The van der Waals surface area contributed by atoms with Crippen LogP contribution in [0, 0.1) is 0 Å². The van der Waals surface area contributed by atoms with E-state index in [-0.39, 0.29) is 5.41 Å². The van der Waals surface area contributed by atoms with Gasteiger partial charge in [0.15, 0.2) is 0 Å². The minimum Gasteiger partial charge on any atom is -0.354 e. The van der Waals surface area contributed by atoms with Crippen LogP contribution in [0.4, 0.5) is 11.4 Å². The molecule has 1 aromatic heterocycles. The van der Waals surface area contributed by atoms with Crippen LogP contribution in [0.5, 0.6) is 0 Å². The van der Waals surface area contributed by atoms with Gasteiger partial charge in [-0.3, -0.25) is 4.98 Å². The van der Waals surface area contributed by atoms with E-state index in [0.29, 0.717) is 0 Å². The van der Waals surface area contributed by atoms with E-state index in [1.54, 1.807) is 0 Å². The summed E-state index contributed by atoms with van der Waals surface area (Å²) in [6, 6.07) is 14.3. The van der Waals surface area contributed by atoms with Gasteiger partial charge >= 0.3 is 0 Å². The van der Waals surface area contributed by atoms with E-state index in [4.69, 9.17) is 0 Å². The van der Waals surface area contributed by atoms with Gasteiger partial charge in [0, 0.05) is 16.8 Å². The summed E-state index contributed by atoms with van der Waals surface area (Å²) in [5.74, 6) is 0. The Bertz CT molecular complexity index is 467. The van der Waals surface area contributed by atoms with E-state index >= 15 is 0 Å². The molecule has 0 unspecified atom stereocenters. The molecule has 2 heteroatoms. The lowest BCUT2D eigenvalue weighted by Gasteiger charge is -2.17. The van der Waals surface area contributed by atoms with E-state index < -0.39 is 0 Å². The molecule has 0 bridgehead atoms. The van der Waals surface area contributed by atoms with E-state index in [9.17, 15) is 0 Å². The van der Waals surface area contributed by atoms with Crippen LogP contribution in [0.15, 0.2) is 48.7 Å². The van der Waals surface area contributed by atoms with Crippen molar-refractivity contribution in [2.45, 2.75) is 26.2 Å².